The Morgan fingerprint density at radius 3 is 3.15 bits per heavy atom. The summed E-state index contributed by atoms with van der Waals surface area (Å²) >= 11 is 0. The first-order valence-corrected chi connectivity index (χ1v) is 4.15. The van der Waals surface area contributed by atoms with Crippen LogP contribution in [0.5, 0.6) is 0 Å². The molecule has 0 aromatic carbocycles. The summed E-state index contributed by atoms with van der Waals surface area (Å²) in [5, 5.41) is 9.17. The number of aromatic amines is 1. The van der Waals surface area contributed by atoms with Crippen molar-refractivity contribution in [2.75, 3.05) is 12.4 Å². The summed E-state index contributed by atoms with van der Waals surface area (Å²) in [6.45, 7) is 2.08. The lowest BCUT2D eigenvalue weighted by Gasteiger charge is -1.96. The van der Waals surface area contributed by atoms with Crippen molar-refractivity contribution in [3.63, 3.8) is 0 Å². The highest BCUT2D eigenvalue weighted by Gasteiger charge is 2.03. The minimum atomic E-state index is -0.505. The van der Waals surface area contributed by atoms with Crippen molar-refractivity contribution >= 4 is 11.9 Å². The van der Waals surface area contributed by atoms with Crippen LogP contribution >= 0.6 is 0 Å². The van der Waals surface area contributed by atoms with E-state index in [2.05, 4.69) is 27.2 Å². The highest BCUT2D eigenvalue weighted by molar-refractivity contribution is 5.83. The SMILES string of the molecule is CCCc1cc(NC(=O)OC)n[nH]1. The highest BCUT2D eigenvalue weighted by Crippen LogP contribution is 2.06. The Bertz CT molecular complexity index is 283. The molecule has 5 nitrogen and oxygen atoms in total. The highest BCUT2D eigenvalue weighted by atomic mass is 16.5. The number of aryl methyl sites for hydroxylation is 1. The van der Waals surface area contributed by atoms with Gasteiger partial charge in [-0.1, -0.05) is 13.3 Å². The van der Waals surface area contributed by atoms with Gasteiger partial charge in [-0.05, 0) is 6.42 Å². The molecule has 0 radical (unpaired) electrons. The quantitative estimate of drug-likeness (QED) is 0.746. The van der Waals surface area contributed by atoms with Crippen LogP contribution in [0.4, 0.5) is 10.6 Å². The average Bonchev–Trinajstić information content (AvgIpc) is 2.53. The van der Waals surface area contributed by atoms with Crippen molar-refractivity contribution in [2.24, 2.45) is 0 Å². The number of nitrogens with one attached hydrogen (secondary N) is 2. The average molecular weight is 183 g/mol. The fraction of sp³-hybridized carbons (Fsp3) is 0.500. The number of ether oxygens (including phenoxy) is 1. The van der Waals surface area contributed by atoms with Gasteiger partial charge >= 0.3 is 6.09 Å². The van der Waals surface area contributed by atoms with E-state index in [0.717, 1.165) is 18.5 Å². The third kappa shape index (κ3) is 2.77. The maximum atomic E-state index is 10.8. The van der Waals surface area contributed by atoms with Crippen molar-refractivity contribution in [3.05, 3.63) is 11.8 Å². The van der Waals surface area contributed by atoms with Crippen LogP contribution in [0, 0.1) is 0 Å². The van der Waals surface area contributed by atoms with Crippen LogP contribution in [0.15, 0.2) is 6.07 Å². The number of H-pyrrole nitrogens is 1. The van der Waals surface area contributed by atoms with Crippen LogP contribution in [0.2, 0.25) is 0 Å². The second-order valence-corrected chi connectivity index (χ2v) is 2.65. The van der Waals surface area contributed by atoms with Crippen LogP contribution in [0.3, 0.4) is 0 Å². The van der Waals surface area contributed by atoms with Crippen LogP contribution in [-0.2, 0) is 11.2 Å². The molecule has 0 saturated heterocycles. The number of hydrogen-bond acceptors (Lipinski definition) is 3. The van der Waals surface area contributed by atoms with Gasteiger partial charge in [0.05, 0.1) is 7.11 Å². The number of carbonyl (C=O) groups is 1. The summed E-state index contributed by atoms with van der Waals surface area (Å²) in [7, 11) is 1.31. The van der Waals surface area contributed by atoms with Crippen LogP contribution in [0.25, 0.3) is 0 Å². The maximum absolute atomic E-state index is 10.8. The molecule has 2 N–H and O–H groups in total. The zero-order valence-electron chi connectivity index (χ0n) is 7.76. The number of nitrogens with zero attached hydrogens (tertiary/aromatic N) is 1. The topological polar surface area (TPSA) is 67.0 Å². The Morgan fingerprint density at radius 1 is 1.77 bits per heavy atom. The normalized spacial score (nSPS) is 9.69. The first kappa shape index (κ1) is 9.57. The van der Waals surface area contributed by atoms with E-state index in [1.165, 1.54) is 7.11 Å². The molecule has 72 valence electrons. The number of methoxy groups -OCH3 is 1. The Balaban J connectivity index is 2.53. The molecule has 0 aliphatic carbocycles. The van der Waals surface area contributed by atoms with Gasteiger partial charge in [-0.15, -0.1) is 0 Å². The van der Waals surface area contributed by atoms with E-state index in [0.29, 0.717) is 5.82 Å². The van der Waals surface area contributed by atoms with Gasteiger partial charge in [0, 0.05) is 11.8 Å². The summed E-state index contributed by atoms with van der Waals surface area (Å²) in [5.41, 5.74) is 1.01. The van der Waals surface area contributed by atoms with E-state index in [1.54, 1.807) is 6.07 Å². The zero-order chi connectivity index (χ0) is 9.68. The minimum Gasteiger partial charge on any atom is -0.453 e. The first-order valence-electron chi connectivity index (χ1n) is 4.15. The third-order valence-electron chi connectivity index (χ3n) is 1.57. The van der Waals surface area contributed by atoms with E-state index < -0.39 is 6.09 Å². The molecule has 1 rings (SSSR count). The summed E-state index contributed by atoms with van der Waals surface area (Å²) in [4.78, 5) is 10.8. The number of rotatable bonds is 3. The molecule has 0 unspecified atom stereocenters. The van der Waals surface area contributed by atoms with Crippen molar-refractivity contribution in [3.8, 4) is 0 Å². The molecule has 0 saturated carbocycles. The number of carbonyl (C=O) groups excluding carboxylic acids is 1. The summed E-state index contributed by atoms with van der Waals surface area (Å²) in [6.07, 6.45) is 1.46. The number of aromatic nitrogens is 2. The number of anilines is 1. The van der Waals surface area contributed by atoms with Gasteiger partial charge in [-0.3, -0.25) is 10.4 Å². The molecule has 5 heteroatoms. The monoisotopic (exact) mass is 183 g/mol. The molecule has 0 atom stereocenters. The van der Waals surface area contributed by atoms with Crippen LogP contribution < -0.4 is 5.32 Å². The molecule has 0 fully saturated rings. The molecule has 1 amide bonds. The van der Waals surface area contributed by atoms with Gasteiger partial charge in [-0.2, -0.15) is 5.10 Å². The van der Waals surface area contributed by atoms with Gasteiger partial charge in [0.25, 0.3) is 0 Å². The molecular weight excluding hydrogens is 170 g/mol. The fourth-order valence-corrected chi connectivity index (χ4v) is 0.979. The fourth-order valence-electron chi connectivity index (χ4n) is 0.979. The molecule has 1 aromatic rings. The first-order chi connectivity index (χ1) is 6.26. The predicted molar refractivity (Wildman–Crippen MR) is 48.6 cm³/mol. The molecule has 0 aliphatic rings. The van der Waals surface area contributed by atoms with Gasteiger partial charge in [-0.25, -0.2) is 4.79 Å². The minimum absolute atomic E-state index is 0.496. The van der Waals surface area contributed by atoms with Crippen molar-refractivity contribution in [1.29, 1.82) is 0 Å². The molecule has 0 bridgehead atoms. The molecule has 1 heterocycles. The van der Waals surface area contributed by atoms with Crippen molar-refractivity contribution < 1.29 is 9.53 Å². The lowest BCUT2D eigenvalue weighted by atomic mass is 10.2. The number of hydrogen-bond donors (Lipinski definition) is 2. The Kier molecular flexibility index (Phi) is 3.31. The summed E-state index contributed by atoms with van der Waals surface area (Å²) in [6, 6.07) is 1.79. The smallest absolute Gasteiger partial charge is 0.412 e. The van der Waals surface area contributed by atoms with E-state index in [9.17, 15) is 4.79 Å². The van der Waals surface area contributed by atoms with Gasteiger partial charge in [0.2, 0.25) is 0 Å². The maximum Gasteiger partial charge on any atom is 0.412 e. The largest absolute Gasteiger partial charge is 0.453 e. The summed E-state index contributed by atoms with van der Waals surface area (Å²) in [5.74, 6) is 0.496. The lowest BCUT2D eigenvalue weighted by Crippen LogP contribution is -2.10. The van der Waals surface area contributed by atoms with E-state index in [-0.39, 0.29) is 0 Å². The Labute approximate surface area is 76.5 Å². The summed E-state index contributed by atoms with van der Waals surface area (Å²) < 4.78 is 4.42. The zero-order valence-corrected chi connectivity index (χ0v) is 7.76. The lowest BCUT2D eigenvalue weighted by molar-refractivity contribution is 0.187. The van der Waals surface area contributed by atoms with Crippen LogP contribution in [0.1, 0.15) is 19.0 Å². The van der Waals surface area contributed by atoms with Crippen molar-refractivity contribution in [2.45, 2.75) is 19.8 Å². The Morgan fingerprint density at radius 2 is 2.54 bits per heavy atom. The van der Waals surface area contributed by atoms with E-state index >= 15 is 0 Å². The molecule has 1 aromatic heterocycles. The van der Waals surface area contributed by atoms with Gasteiger partial charge in [0.1, 0.15) is 0 Å². The number of amides is 1. The van der Waals surface area contributed by atoms with Gasteiger partial charge in [0.15, 0.2) is 5.82 Å². The second-order valence-electron chi connectivity index (χ2n) is 2.65. The molecule has 0 aliphatic heterocycles. The third-order valence-corrected chi connectivity index (χ3v) is 1.57. The molecule has 13 heavy (non-hydrogen) atoms. The second kappa shape index (κ2) is 4.49. The van der Waals surface area contributed by atoms with Crippen LogP contribution in [-0.4, -0.2) is 23.4 Å². The van der Waals surface area contributed by atoms with E-state index in [1.807, 2.05) is 0 Å². The van der Waals surface area contributed by atoms with E-state index in [4.69, 9.17) is 0 Å². The standard InChI is InChI=1S/C8H13N3O2/c1-3-4-6-5-7(11-10-6)9-8(12)13-2/h5H,3-4H2,1-2H3,(H2,9,10,11,12). The van der Waals surface area contributed by atoms with Gasteiger partial charge < -0.3 is 4.74 Å². The molecule has 0 spiro atoms. The molecular formula is C8H13N3O2. The predicted octanol–water partition coefficient (Wildman–Crippen LogP) is 1.54. The van der Waals surface area contributed by atoms with Crippen molar-refractivity contribution in [1.82, 2.24) is 10.2 Å². The Hall–Kier alpha value is -1.52.